The molecule has 2 aromatic rings. The summed E-state index contributed by atoms with van der Waals surface area (Å²) in [6.45, 7) is 0. The Balaban J connectivity index is 2.37. The molecule has 0 bridgehead atoms. The molecule has 0 atom stereocenters. The highest BCUT2D eigenvalue weighted by molar-refractivity contribution is 9.10. The van der Waals surface area contributed by atoms with Crippen molar-refractivity contribution < 1.29 is 14.7 Å². The van der Waals surface area contributed by atoms with Gasteiger partial charge in [-0.05, 0) is 34.1 Å². The lowest BCUT2D eigenvalue weighted by Gasteiger charge is -1.99. The van der Waals surface area contributed by atoms with Crippen molar-refractivity contribution in [2.45, 2.75) is 0 Å². The quantitative estimate of drug-likeness (QED) is 0.884. The van der Waals surface area contributed by atoms with Crippen LogP contribution in [0.4, 0.5) is 0 Å². The summed E-state index contributed by atoms with van der Waals surface area (Å²) >= 11 is 4.60. The monoisotopic (exact) mass is 310 g/mol. The van der Waals surface area contributed by atoms with Crippen molar-refractivity contribution in [3.63, 3.8) is 0 Å². The first-order valence-corrected chi connectivity index (χ1v) is 6.37. The molecular weight excluding hydrogens is 304 g/mol. The molecule has 0 saturated carbocycles. The van der Waals surface area contributed by atoms with Crippen LogP contribution >= 0.6 is 27.3 Å². The van der Waals surface area contributed by atoms with Gasteiger partial charge in [-0.25, -0.2) is 4.79 Å². The van der Waals surface area contributed by atoms with Crippen LogP contribution in [0, 0.1) is 0 Å². The maximum atomic E-state index is 12.0. The molecule has 0 saturated heterocycles. The second kappa shape index (κ2) is 4.81. The molecule has 5 heteroatoms. The number of aromatic carboxylic acids is 1. The largest absolute Gasteiger partial charge is 0.478 e. The fourth-order valence-corrected chi connectivity index (χ4v) is 2.76. The van der Waals surface area contributed by atoms with E-state index in [9.17, 15) is 9.59 Å². The first-order chi connectivity index (χ1) is 8.08. The van der Waals surface area contributed by atoms with Gasteiger partial charge in [-0.3, -0.25) is 4.79 Å². The van der Waals surface area contributed by atoms with Gasteiger partial charge in [-0.15, -0.1) is 11.3 Å². The van der Waals surface area contributed by atoms with Crippen LogP contribution in [0.25, 0.3) is 0 Å². The van der Waals surface area contributed by atoms with Crippen molar-refractivity contribution in [2.75, 3.05) is 0 Å². The molecule has 0 aliphatic carbocycles. The lowest BCUT2D eigenvalue weighted by atomic mass is 10.1. The highest BCUT2D eigenvalue weighted by Gasteiger charge is 2.13. The lowest BCUT2D eigenvalue weighted by Crippen LogP contribution is -2.02. The lowest BCUT2D eigenvalue weighted by molar-refractivity contribution is 0.0697. The van der Waals surface area contributed by atoms with Gasteiger partial charge in [-0.1, -0.05) is 12.1 Å². The standard InChI is InChI=1S/C12H7BrO3S/c13-9-5-10(17-6-9)11(14)7-2-1-3-8(4-7)12(15)16/h1-6H,(H,15,16). The molecule has 0 aliphatic rings. The van der Waals surface area contributed by atoms with Gasteiger partial charge in [0.15, 0.2) is 0 Å². The van der Waals surface area contributed by atoms with E-state index in [0.717, 1.165) is 4.47 Å². The second-order valence-electron chi connectivity index (χ2n) is 3.34. The Morgan fingerprint density at radius 2 is 1.88 bits per heavy atom. The molecule has 86 valence electrons. The third-order valence-corrected chi connectivity index (χ3v) is 3.85. The van der Waals surface area contributed by atoms with Crippen LogP contribution in [0.3, 0.4) is 0 Å². The van der Waals surface area contributed by atoms with Crippen molar-refractivity contribution in [3.8, 4) is 0 Å². The first kappa shape index (κ1) is 12.0. The van der Waals surface area contributed by atoms with Crippen LogP contribution in [0.2, 0.25) is 0 Å². The molecule has 0 fully saturated rings. The minimum Gasteiger partial charge on any atom is -0.478 e. The van der Waals surface area contributed by atoms with Crippen molar-refractivity contribution in [1.29, 1.82) is 0 Å². The summed E-state index contributed by atoms with van der Waals surface area (Å²) in [6, 6.07) is 7.75. The minimum absolute atomic E-state index is 0.117. The number of hydrogen-bond acceptors (Lipinski definition) is 3. The van der Waals surface area contributed by atoms with Crippen LogP contribution in [0.5, 0.6) is 0 Å². The summed E-state index contributed by atoms with van der Waals surface area (Å²) in [4.78, 5) is 23.4. The molecule has 1 aromatic carbocycles. The number of carboxylic acids is 1. The Kier molecular flexibility index (Phi) is 3.40. The fraction of sp³-hybridized carbons (Fsp3) is 0. The Hall–Kier alpha value is -1.46. The zero-order chi connectivity index (χ0) is 12.4. The van der Waals surface area contributed by atoms with Gasteiger partial charge in [0.2, 0.25) is 5.78 Å². The molecular formula is C12H7BrO3S. The smallest absolute Gasteiger partial charge is 0.335 e. The van der Waals surface area contributed by atoms with Crippen molar-refractivity contribution in [3.05, 3.63) is 56.2 Å². The zero-order valence-corrected chi connectivity index (χ0v) is 10.9. The van der Waals surface area contributed by atoms with E-state index in [1.807, 2.05) is 5.38 Å². The fourth-order valence-electron chi connectivity index (χ4n) is 1.37. The number of carboxylic acid groups (broad SMARTS) is 1. The van der Waals surface area contributed by atoms with Gasteiger partial charge in [0.05, 0.1) is 10.4 Å². The van der Waals surface area contributed by atoms with Gasteiger partial charge in [0.25, 0.3) is 0 Å². The van der Waals surface area contributed by atoms with Crippen LogP contribution in [-0.2, 0) is 0 Å². The maximum Gasteiger partial charge on any atom is 0.335 e. The van der Waals surface area contributed by atoms with Gasteiger partial charge >= 0.3 is 5.97 Å². The molecule has 1 N–H and O–H groups in total. The van der Waals surface area contributed by atoms with E-state index in [1.165, 1.54) is 23.5 Å². The molecule has 1 aromatic heterocycles. The number of thiophene rings is 1. The number of hydrogen-bond donors (Lipinski definition) is 1. The summed E-state index contributed by atoms with van der Waals surface area (Å²) in [6.07, 6.45) is 0. The highest BCUT2D eigenvalue weighted by atomic mass is 79.9. The highest BCUT2D eigenvalue weighted by Crippen LogP contribution is 2.22. The van der Waals surface area contributed by atoms with Crippen LogP contribution in [-0.4, -0.2) is 16.9 Å². The predicted molar refractivity (Wildman–Crippen MR) is 68.9 cm³/mol. The summed E-state index contributed by atoms with van der Waals surface area (Å²) in [5, 5.41) is 10.7. The van der Waals surface area contributed by atoms with Gasteiger partial charge in [0.1, 0.15) is 0 Å². The van der Waals surface area contributed by atoms with Gasteiger partial charge in [0, 0.05) is 15.4 Å². The zero-order valence-electron chi connectivity index (χ0n) is 8.51. The first-order valence-electron chi connectivity index (χ1n) is 4.70. The summed E-state index contributed by atoms with van der Waals surface area (Å²) < 4.78 is 0.847. The average molecular weight is 311 g/mol. The molecule has 2 rings (SSSR count). The predicted octanol–water partition coefficient (Wildman–Crippen LogP) is 3.44. The van der Waals surface area contributed by atoms with E-state index in [2.05, 4.69) is 15.9 Å². The van der Waals surface area contributed by atoms with Crippen LogP contribution < -0.4 is 0 Å². The third kappa shape index (κ3) is 2.62. The number of halogens is 1. The van der Waals surface area contributed by atoms with Crippen LogP contribution in [0.15, 0.2) is 40.2 Å². The molecule has 1 heterocycles. The van der Waals surface area contributed by atoms with Gasteiger partial charge in [-0.2, -0.15) is 0 Å². The number of carbonyl (C=O) groups is 2. The Bertz CT molecular complexity index is 589. The molecule has 0 aliphatic heterocycles. The van der Waals surface area contributed by atoms with E-state index in [0.29, 0.717) is 10.4 Å². The van der Waals surface area contributed by atoms with Crippen molar-refractivity contribution >= 4 is 39.0 Å². The minimum atomic E-state index is -1.04. The number of ketones is 1. The summed E-state index contributed by atoms with van der Waals surface area (Å²) in [5.41, 5.74) is 0.505. The van der Waals surface area contributed by atoms with E-state index in [1.54, 1.807) is 18.2 Å². The van der Waals surface area contributed by atoms with E-state index in [-0.39, 0.29) is 11.3 Å². The Labute approximate surface area is 110 Å². The number of rotatable bonds is 3. The average Bonchev–Trinajstić information content (AvgIpc) is 2.75. The molecule has 0 radical (unpaired) electrons. The molecule has 0 unspecified atom stereocenters. The van der Waals surface area contributed by atoms with Crippen molar-refractivity contribution in [2.24, 2.45) is 0 Å². The summed E-state index contributed by atoms with van der Waals surface area (Å²) in [5.74, 6) is -1.20. The Morgan fingerprint density at radius 1 is 1.18 bits per heavy atom. The maximum absolute atomic E-state index is 12.0. The van der Waals surface area contributed by atoms with E-state index >= 15 is 0 Å². The molecule has 0 spiro atoms. The normalized spacial score (nSPS) is 10.2. The molecule has 3 nitrogen and oxygen atoms in total. The Morgan fingerprint density at radius 3 is 2.47 bits per heavy atom. The number of benzene rings is 1. The van der Waals surface area contributed by atoms with E-state index < -0.39 is 5.97 Å². The second-order valence-corrected chi connectivity index (χ2v) is 5.17. The topological polar surface area (TPSA) is 54.4 Å². The van der Waals surface area contributed by atoms with Crippen molar-refractivity contribution in [1.82, 2.24) is 0 Å². The molecule has 17 heavy (non-hydrogen) atoms. The SMILES string of the molecule is O=C(O)c1cccc(C(=O)c2cc(Br)cs2)c1. The third-order valence-electron chi connectivity index (χ3n) is 2.16. The van der Waals surface area contributed by atoms with E-state index in [4.69, 9.17) is 5.11 Å². The molecule has 0 amide bonds. The van der Waals surface area contributed by atoms with Crippen LogP contribution in [0.1, 0.15) is 25.6 Å². The van der Waals surface area contributed by atoms with Gasteiger partial charge < -0.3 is 5.11 Å². The summed E-state index contributed by atoms with van der Waals surface area (Å²) in [7, 11) is 0. The number of carbonyl (C=O) groups excluding carboxylic acids is 1.